The summed E-state index contributed by atoms with van der Waals surface area (Å²) in [6, 6.07) is 7.59. The minimum absolute atomic E-state index is 0.153. The summed E-state index contributed by atoms with van der Waals surface area (Å²) >= 11 is 0. The molecule has 2 N–H and O–H groups in total. The second-order valence-electron chi connectivity index (χ2n) is 7.67. The van der Waals surface area contributed by atoms with E-state index in [0.29, 0.717) is 12.5 Å². The molecule has 1 fully saturated rings. The number of carbonyl (C=O) groups is 1. The van der Waals surface area contributed by atoms with Gasteiger partial charge in [0.05, 0.1) is 24.0 Å². The molecular weight excluding hydrogens is 382 g/mol. The summed E-state index contributed by atoms with van der Waals surface area (Å²) in [5.74, 6) is 1.44. The average Bonchev–Trinajstić information content (AvgIpc) is 3.49. The van der Waals surface area contributed by atoms with Gasteiger partial charge in [-0.1, -0.05) is 19.4 Å². The van der Waals surface area contributed by atoms with Crippen LogP contribution in [0.5, 0.6) is 0 Å². The molecule has 9 heteroatoms. The normalized spacial score (nSPS) is 21.3. The van der Waals surface area contributed by atoms with Crippen molar-refractivity contribution in [1.29, 1.82) is 0 Å². The second-order valence-corrected chi connectivity index (χ2v) is 7.67. The number of hydrogen-bond acceptors (Lipinski definition) is 6. The standard InChI is InChI=1S/C21H23N7O2/c1-2-13-9-15(30-21(29)25-11-14-5-3-4-7-22-14)10-16(13)20-27-26-18-12-24-19-17(28(18)20)6-8-23-19/h3-8,12-13,15-16,23H,2,9-11H2,1H3,(H,25,29)/t13-,15+,16+/m1/s1. The molecule has 1 aliphatic rings. The molecule has 1 aliphatic carbocycles. The Hall–Kier alpha value is -3.49. The van der Waals surface area contributed by atoms with Crippen LogP contribution in [-0.4, -0.2) is 41.7 Å². The first kappa shape index (κ1) is 18.5. The fraction of sp³-hybridized carbons (Fsp3) is 0.381. The van der Waals surface area contributed by atoms with Gasteiger partial charge in [-0.3, -0.25) is 9.38 Å². The van der Waals surface area contributed by atoms with Gasteiger partial charge in [0.25, 0.3) is 0 Å². The average molecular weight is 405 g/mol. The molecule has 1 amide bonds. The smallest absolute Gasteiger partial charge is 0.407 e. The molecule has 9 nitrogen and oxygen atoms in total. The van der Waals surface area contributed by atoms with Crippen LogP contribution in [0, 0.1) is 5.92 Å². The molecule has 0 bridgehead atoms. The molecule has 30 heavy (non-hydrogen) atoms. The fourth-order valence-electron chi connectivity index (χ4n) is 4.43. The summed E-state index contributed by atoms with van der Waals surface area (Å²) in [5, 5.41) is 11.6. The summed E-state index contributed by atoms with van der Waals surface area (Å²) in [4.78, 5) is 24.0. The van der Waals surface area contributed by atoms with Crippen molar-refractivity contribution in [3.05, 3.63) is 54.4 Å². The largest absolute Gasteiger partial charge is 0.446 e. The van der Waals surface area contributed by atoms with Gasteiger partial charge in [0.15, 0.2) is 11.3 Å². The van der Waals surface area contributed by atoms with Crippen molar-refractivity contribution < 1.29 is 9.53 Å². The van der Waals surface area contributed by atoms with E-state index in [9.17, 15) is 4.79 Å². The molecule has 0 aliphatic heterocycles. The number of hydrogen-bond donors (Lipinski definition) is 2. The van der Waals surface area contributed by atoms with Gasteiger partial charge in [0.2, 0.25) is 0 Å². The maximum Gasteiger partial charge on any atom is 0.407 e. The molecule has 0 saturated heterocycles. The number of rotatable bonds is 5. The summed E-state index contributed by atoms with van der Waals surface area (Å²) < 4.78 is 7.79. The van der Waals surface area contributed by atoms with Crippen molar-refractivity contribution in [2.75, 3.05) is 0 Å². The topological polar surface area (TPSA) is 110 Å². The fourth-order valence-corrected chi connectivity index (χ4v) is 4.43. The molecule has 154 valence electrons. The van der Waals surface area contributed by atoms with Crippen LogP contribution in [0.4, 0.5) is 4.79 Å². The van der Waals surface area contributed by atoms with Gasteiger partial charge in [-0.25, -0.2) is 9.78 Å². The van der Waals surface area contributed by atoms with Crippen LogP contribution in [0.15, 0.2) is 42.9 Å². The number of alkyl carbamates (subject to hydrolysis) is 1. The number of aromatic amines is 1. The Balaban J connectivity index is 1.32. The van der Waals surface area contributed by atoms with E-state index in [1.807, 2.05) is 30.5 Å². The van der Waals surface area contributed by atoms with E-state index in [0.717, 1.165) is 47.6 Å². The molecule has 0 unspecified atom stereocenters. The van der Waals surface area contributed by atoms with Gasteiger partial charge in [0, 0.05) is 18.3 Å². The van der Waals surface area contributed by atoms with Crippen molar-refractivity contribution in [2.45, 2.75) is 44.8 Å². The van der Waals surface area contributed by atoms with Gasteiger partial charge in [-0.15, -0.1) is 10.2 Å². The molecule has 1 saturated carbocycles. The van der Waals surface area contributed by atoms with Crippen molar-refractivity contribution in [3.63, 3.8) is 0 Å². The van der Waals surface area contributed by atoms with Crippen molar-refractivity contribution in [2.24, 2.45) is 5.92 Å². The number of ether oxygens (including phenoxy) is 1. The van der Waals surface area contributed by atoms with Crippen molar-refractivity contribution in [1.82, 2.24) is 34.9 Å². The summed E-state index contributed by atoms with van der Waals surface area (Å²) in [6.45, 7) is 2.51. The number of nitrogens with one attached hydrogen (secondary N) is 2. The zero-order valence-electron chi connectivity index (χ0n) is 16.7. The molecule has 0 radical (unpaired) electrons. The predicted octanol–water partition coefficient (Wildman–Crippen LogP) is 3.20. The first-order valence-corrected chi connectivity index (χ1v) is 10.2. The Morgan fingerprint density at radius 2 is 2.20 bits per heavy atom. The van der Waals surface area contributed by atoms with E-state index in [1.54, 1.807) is 12.4 Å². The number of amides is 1. The van der Waals surface area contributed by atoms with Crippen LogP contribution in [0.2, 0.25) is 0 Å². The van der Waals surface area contributed by atoms with Crippen molar-refractivity contribution >= 4 is 22.9 Å². The van der Waals surface area contributed by atoms with Gasteiger partial charge in [0.1, 0.15) is 11.9 Å². The molecule has 0 aromatic carbocycles. The predicted molar refractivity (Wildman–Crippen MR) is 110 cm³/mol. The maximum atomic E-state index is 12.3. The SMILES string of the molecule is CC[C@@H]1C[C@H](OC(=O)NCc2ccccn2)C[C@@H]1c1nnc2cnc3[nH]ccc3n12. The highest BCUT2D eigenvalue weighted by atomic mass is 16.6. The minimum atomic E-state index is -0.413. The van der Waals surface area contributed by atoms with E-state index < -0.39 is 6.09 Å². The van der Waals surface area contributed by atoms with E-state index in [-0.39, 0.29) is 12.0 Å². The van der Waals surface area contributed by atoms with Gasteiger partial charge < -0.3 is 15.0 Å². The highest BCUT2D eigenvalue weighted by Crippen LogP contribution is 2.42. The van der Waals surface area contributed by atoms with Crippen LogP contribution >= 0.6 is 0 Å². The van der Waals surface area contributed by atoms with Gasteiger partial charge in [-0.05, 0) is 37.0 Å². The zero-order valence-corrected chi connectivity index (χ0v) is 16.7. The summed E-state index contributed by atoms with van der Waals surface area (Å²) in [7, 11) is 0. The number of aromatic nitrogens is 6. The van der Waals surface area contributed by atoms with Gasteiger partial charge in [-0.2, -0.15) is 0 Å². The van der Waals surface area contributed by atoms with Crippen LogP contribution in [0.1, 0.15) is 43.6 Å². The lowest BCUT2D eigenvalue weighted by Crippen LogP contribution is -2.28. The lowest BCUT2D eigenvalue weighted by atomic mass is 9.93. The van der Waals surface area contributed by atoms with E-state index in [4.69, 9.17) is 4.74 Å². The molecule has 3 atom stereocenters. The highest BCUT2D eigenvalue weighted by Gasteiger charge is 2.39. The Morgan fingerprint density at radius 1 is 1.27 bits per heavy atom. The zero-order chi connectivity index (χ0) is 20.5. The highest BCUT2D eigenvalue weighted by molar-refractivity contribution is 5.74. The van der Waals surface area contributed by atoms with Crippen LogP contribution in [0.25, 0.3) is 16.8 Å². The Morgan fingerprint density at radius 3 is 3.03 bits per heavy atom. The summed E-state index contributed by atoms with van der Waals surface area (Å²) in [5.41, 5.74) is 3.28. The van der Waals surface area contributed by atoms with Crippen LogP contribution in [-0.2, 0) is 11.3 Å². The van der Waals surface area contributed by atoms with E-state index in [1.165, 1.54) is 0 Å². The molecule has 5 rings (SSSR count). The third-order valence-corrected chi connectivity index (χ3v) is 5.89. The van der Waals surface area contributed by atoms with E-state index >= 15 is 0 Å². The molecule has 4 aromatic heterocycles. The minimum Gasteiger partial charge on any atom is -0.446 e. The molecule has 0 spiro atoms. The Kier molecular flexibility index (Phi) is 4.78. The molecular formula is C21H23N7O2. The number of pyridine rings is 1. The first-order valence-electron chi connectivity index (χ1n) is 10.2. The van der Waals surface area contributed by atoms with Crippen LogP contribution < -0.4 is 5.32 Å². The lowest BCUT2D eigenvalue weighted by molar-refractivity contribution is 0.0976. The molecule has 4 aromatic rings. The Labute approximate surface area is 172 Å². The first-order chi connectivity index (χ1) is 14.7. The molecule has 4 heterocycles. The van der Waals surface area contributed by atoms with E-state index in [2.05, 4.69) is 41.8 Å². The quantitative estimate of drug-likeness (QED) is 0.528. The van der Waals surface area contributed by atoms with Crippen molar-refractivity contribution in [3.8, 4) is 0 Å². The second kappa shape index (κ2) is 7.74. The van der Waals surface area contributed by atoms with Gasteiger partial charge >= 0.3 is 6.09 Å². The third-order valence-electron chi connectivity index (χ3n) is 5.89. The number of fused-ring (bicyclic) bond motifs is 3. The third kappa shape index (κ3) is 3.36. The summed E-state index contributed by atoms with van der Waals surface area (Å²) in [6.07, 6.45) is 7.25. The Bertz CT molecular complexity index is 1170. The lowest BCUT2D eigenvalue weighted by Gasteiger charge is -2.15. The number of carbonyl (C=O) groups excluding carboxylic acids is 1. The number of H-pyrrole nitrogens is 1. The maximum absolute atomic E-state index is 12.3. The number of nitrogens with zero attached hydrogens (tertiary/aromatic N) is 5. The monoisotopic (exact) mass is 405 g/mol. The van der Waals surface area contributed by atoms with Crippen LogP contribution in [0.3, 0.4) is 0 Å².